The number of aromatic amines is 1. The van der Waals surface area contributed by atoms with Crippen LogP contribution >= 0.6 is 15.9 Å². The molecule has 9 N–H and O–H groups in total. The van der Waals surface area contributed by atoms with E-state index in [0.29, 0.717) is 72.5 Å². The molecular weight excluding hydrogens is 1790 g/mol. The average molecular weight is 1860 g/mol. The lowest BCUT2D eigenvalue weighted by atomic mass is 9.80. The summed E-state index contributed by atoms with van der Waals surface area (Å²) in [6.07, 6.45) is -16.8. The van der Waals surface area contributed by atoms with E-state index in [4.69, 9.17) is 34.1 Å². The quantitative estimate of drug-likeness (QED) is 0.0134. The molecule has 0 bridgehead atoms. The van der Waals surface area contributed by atoms with Crippen LogP contribution in [0, 0.1) is 0 Å². The van der Waals surface area contributed by atoms with Gasteiger partial charge >= 0.3 is 50.9 Å². The van der Waals surface area contributed by atoms with E-state index in [-0.39, 0.29) is 81.2 Å². The van der Waals surface area contributed by atoms with Gasteiger partial charge in [0, 0.05) is 31.0 Å². The monoisotopic (exact) mass is 1860 g/mol. The Morgan fingerprint density at radius 3 is 1.16 bits per heavy atom. The summed E-state index contributed by atoms with van der Waals surface area (Å²) >= 11 is 3.17. The summed E-state index contributed by atoms with van der Waals surface area (Å²) in [6.45, 7) is 0.261. The third kappa shape index (κ3) is 31.2. The topological polar surface area (TPSA) is 386 Å². The lowest BCUT2D eigenvalue weighted by Crippen LogP contribution is -2.29. The molecule has 10 aromatic carbocycles. The molecule has 0 atom stereocenters. The molecule has 1 amide bonds. The number of alkyl halides is 15. The van der Waals surface area contributed by atoms with Crippen molar-refractivity contribution in [1.29, 1.82) is 0 Å². The van der Waals surface area contributed by atoms with E-state index in [9.17, 15) is 100 Å². The third-order valence-electron chi connectivity index (χ3n) is 16.2. The number of rotatable bonds is 17. The van der Waals surface area contributed by atoms with Gasteiger partial charge in [-0.1, -0.05) is 101 Å². The highest BCUT2D eigenvalue weighted by Gasteiger charge is 2.35. The predicted molar refractivity (Wildman–Crippen MR) is 423 cm³/mol. The van der Waals surface area contributed by atoms with Crippen LogP contribution in [-0.4, -0.2) is 136 Å². The number of carbonyl (C=O) groups is 3. The summed E-state index contributed by atoms with van der Waals surface area (Å²) in [5.41, 5.74) is 8.41. The van der Waals surface area contributed by atoms with E-state index in [0.717, 1.165) is 64.3 Å². The molecule has 45 heteroatoms. The molecule has 0 radical (unpaired) electrons. The first kappa shape index (κ1) is 97.7. The number of benzene rings is 10. The van der Waals surface area contributed by atoms with Crippen molar-refractivity contribution in [3.63, 3.8) is 0 Å². The molecule has 0 spiro atoms. The molecule has 0 fully saturated rings. The number of ether oxygens (including phenoxy) is 8. The fraction of sp³-hybridized carbons (Fsp3) is 0.134. The number of halogens is 16. The summed E-state index contributed by atoms with van der Waals surface area (Å²) in [7, 11) is 4.47. The van der Waals surface area contributed by atoms with E-state index in [2.05, 4.69) is 69.4 Å². The second-order valence-electron chi connectivity index (χ2n) is 25.3. The first-order chi connectivity index (χ1) is 59.7. The Hall–Kier alpha value is -14.7. The Morgan fingerprint density at radius 1 is 0.457 bits per heavy atom. The zero-order valence-electron chi connectivity index (χ0n) is 65.1. The predicted octanol–water partition coefficient (Wildman–Crippen LogP) is 17.3. The standard InChI is InChI=1S/C19H14F3N3O3.C15H11F3O4.C14H10F3NO4.C14H8F3NO3.C8H7BrO3.C7H6BF3O3.C5H8N2O/c1-25-9-14(23-11-25)10-26-18-16-8-13(4-7-17(16)28-24-18)12-2-5-15(6-3-12)27-19(20,21)22;1-21-14(20)12-8-10(4-7-13(12)19)9-2-5-11(6-3-9)22-15(16,17)18;15-14(16,17)22-10-4-1-8(2-5-10)9-3-6-12(19)11(7-9)13(20)18-21;15-14(16,17)20-10-4-1-8(2-5-10)9-3-6-12-11(7-9)13(19)18-21-12;1-12-8(11)6-4-5(9)2-3-7(6)10;9-7(10,11)14-6-3-1-5(2-4-6)8(12)13;1-7-2-5(3-8)6-4-7/h2-9,11H,10H2,1H3;2-8,19H,1H3;1-7,19,21H,(H,18,20);1-7H,(H,18,19);2-4,10H,1H3;1-4,12-13H;2,4,8H,3H2,1H3. The number of fused-ring (bicyclic) bond motifs is 2. The number of aliphatic hydroxyl groups excluding tert-OH is 1. The fourth-order valence-corrected chi connectivity index (χ4v) is 10.9. The molecule has 668 valence electrons. The molecule has 4 aromatic heterocycles. The number of hydroxylamine groups is 1. The number of esters is 2. The van der Waals surface area contributed by atoms with Crippen LogP contribution in [0.5, 0.6) is 51.9 Å². The van der Waals surface area contributed by atoms with Crippen LogP contribution in [0.1, 0.15) is 42.5 Å². The van der Waals surface area contributed by atoms with Gasteiger partial charge in [0.25, 0.3) is 17.3 Å². The highest BCUT2D eigenvalue weighted by Crippen LogP contribution is 2.36. The number of aromatic nitrogens is 6. The second kappa shape index (κ2) is 43.6. The Balaban J connectivity index is 0.000000188. The Labute approximate surface area is 713 Å². The Morgan fingerprint density at radius 2 is 0.795 bits per heavy atom. The maximum atomic E-state index is 12.3. The summed E-state index contributed by atoms with van der Waals surface area (Å²) in [4.78, 5) is 53.4. The summed E-state index contributed by atoms with van der Waals surface area (Å²) in [6, 6.07) is 48.5. The zero-order valence-corrected chi connectivity index (χ0v) is 66.7. The van der Waals surface area contributed by atoms with Crippen LogP contribution in [0.3, 0.4) is 0 Å². The maximum absolute atomic E-state index is 12.3. The molecule has 14 aromatic rings. The lowest BCUT2D eigenvalue weighted by molar-refractivity contribution is -0.275. The van der Waals surface area contributed by atoms with Crippen molar-refractivity contribution in [1.82, 2.24) is 34.9 Å². The number of hydrogen-bond donors (Lipinski definition) is 9. The van der Waals surface area contributed by atoms with Crippen LogP contribution in [0.15, 0.2) is 256 Å². The minimum Gasteiger partial charge on any atom is -0.507 e. The smallest absolute Gasteiger partial charge is 0.507 e. The molecule has 0 saturated heterocycles. The summed E-state index contributed by atoms with van der Waals surface area (Å²) < 4.78 is 229. The minimum absolute atomic E-state index is 0.0286. The SMILES string of the molecule is COC(=O)c1cc(-c2ccc(OC(F)(F)F)cc2)ccc1O.COC(=O)c1cc(Br)ccc1O.Cn1cnc(CO)c1.Cn1cnc(COc2noc3ccc(-c4ccc(OC(F)(F)F)cc4)cc23)c1.O=C(NO)c1cc(-c2ccc(OC(F)(F)F)cc2)ccc1O.O=c1[nH]oc2ccc(-c3ccc(OC(F)(F)F)cc3)cc12.OB(O)c1ccc(OC(F)(F)F)cc1. The van der Waals surface area contributed by atoms with Crippen LogP contribution in [0.25, 0.3) is 66.4 Å². The van der Waals surface area contributed by atoms with Gasteiger partial charge in [-0.2, -0.15) is 5.16 Å². The molecular formula is C82H64BBrF15N7O21. The second-order valence-corrected chi connectivity index (χ2v) is 26.2. The first-order valence-electron chi connectivity index (χ1n) is 35.4. The minimum atomic E-state index is -4.77. The number of H-pyrrole nitrogens is 1. The van der Waals surface area contributed by atoms with Gasteiger partial charge in [-0.15, -0.1) is 65.9 Å². The first-order valence-corrected chi connectivity index (χ1v) is 36.1. The lowest BCUT2D eigenvalue weighted by Gasteiger charge is -2.10. The van der Waals surface area contributed by atoms with Crippen molar-refractivity contribution >= 4 is 68.3 Å². The van der Waals surface area contributed by atoms with Crippen LogP contribution in [0.4, 0.5) is 65.9 Å². The molecule has 0 unspecified atom stereocenters. The largest absolute Gasteiger partial charge is 0.573 e. The van der Waals surface area contributed by atoms with Crippen molar-refractivity contribution in [2.45, 2.75) is 45.0 Å². The van der Waals surface area contributed by atoms with Gasteiger partial charge in [0.05, 0.1) is 61.2 Å². The molecule has 127 heavy (non-hydrogen) atoms. The number of imidazole rings is 2. The fourth-order valence-electron chi connectivity index (χ4n) is 10.5. The number of nitrogens with zero attached hydrogens (tertiary/aromatic N) is 5. The third-order valence-corrected chi connectivity index (χ3v) is 16.6. The number of nitrogens with one attached hydrogen (secondary N) is 2. The molecule has 0 saturated carbocycles. The Kier molecular flexibility index (Phi) is 33.5. The number of amides is 1. The van der Waals surface area contributed by atoms with Gasteiger partial charge in [-0.05, 0) is 183 Å². The van der Waals surface area contributed by atoms with Gasteiger partial charge in [0.2, 0.25) is 0 Å². The number of aryl methyl sites for hydroxylation is 2. The Bertz CT molecular complexity index is 5910. The number of methoxy groups -OCH3 is 2. The van der Waals surface area contributed by atoms with E-state index >= 15 is 0 Å². The molecule has 14 rings (SSSR count). The van der Waals surface area contributed by atoms with E-state index in [1.165, 1.54) is 129 Å². The average Bonchev–Trinajstić information content (AvgIpc) is 1.54. The number of phenolic OH excluding ortho intramolecular Hbond substituents is 3. The number of carbonyl (C=O) groups excluding carboxylic acids is 3. The van der Waals surface area contributed by atoms with Crippen molar-refractivity contribution in [3.05, 3.63) is 280 Å². The highest BCUT2D eigenvalue weighted by atomic mass is 79.9. The van der Waals surface area contributed by atoms with Gasteiger partial charge in [-0.25, -0.2) is 25.0 Å². The normalized spacial score (nSPS) is 11.1. The van der Waals surface area contributed by atoms with Gasteiger partial charge in [-0.3, -0.25) is 14.8 Å². The molecule has 0 aliphatic carbocycles. The van der Waals surface area contributed by atoms with Crippen molar-refractivity contribution in [2.24, 2.45) is 14.1 Å². The maximum Gasteiger partial charge on any atom is 0.573 e. The van der Waals surface area contributed by atoms with E-state index < -0.39 is 62.5 Å². The highest BCUT2D eigenvalue weighted by molar-refractivity contribution is 9.10. The van der Waals surface area contributed by atoms with Crippen molar-refractivity contribution in [3.8, 4) is 96.4 Å². The number of aromatic hydroxyl groups is 3. The van der Waals surface area contributed by atoms with Gasteiger partial charge < -0.3 is 86.5 Å². The van der Waals surface area contributed by atoms with Crippen LogP contribution in [0.2, 0.25) is 0 Å². The van der Waals surface area contributed by atoms with Crippen LogP contribution < -0.4 is 44.9 Å². The summed E-state index contributed by atoms with van der Waals surface area (Å²) in [5, 5.41) is 69.9. The van der Waals surface area contributed by atoms with Crippen LogP contribution in [-0.2, 0) is 36.8 Å². The zero-order chi connectivity index (χ0) is 93.3. The molecule has 0 aliphatic heterocycles. The van der Waals surface area contributed by atoms with E-state index in [1.54, 1.807) is 78.0 Å². The van der Waals surface area contributed by atoms with Gasteiger partial charge in [0.1, 0.15) is 63.7 Å². The molecule has 4 heterocycles. The van der Waals surface area contributed by atoms with E-state index in [1.807, 2.05) is 24.9 Å². The number of phenols is 3. The number of aliphatic hydroxyl groups is 1. The number of hydrogen-bond acceptors (Lipinski definition) is 24. The van der Waals surface area contributed by atoms with Crippen molar-refractivity contribution in [2.75, 3.05) is 14.2 Å². The summed E-state index contributed by atoms with van der Waals surface area (Å²) in [5.74, 6) is -4.20. The molecule has 0 aliphatic rings. The molecule has 28 nitrogen and oxygen atoms in total. The van der Waals surface area contributed by atoms with Crippen molar-refractivity contribution < 1.29 is 163 Å². The van der Waals surface area contributed by atoms with Gasteiger partial charge in [0.15, 0.2) is 11.2 Å².